The average Bonchev–Trinajstić information content (AvgIpc) is 2.95. The highest BCUT2D eigenvalue weighted by Crippen LogP contribution is 2.13. The molecule has 0 saturated carbocycles. The molecule has 148 valence electrons. The molecule has 0 unspecified atom stereocenters. The largest absolute Gasteiger partial charge is 0.494 e. The maximum absolute atomic E-state index is 12.4. The average molecular weight is 376 g/mol. The van der Waals surface area contributed by atoms with Crippen LogP contribution < -0.4 is 10.1 Å². The zero-order valence-corrected chi connectivity index (χ0v) is 16.0. The van der Waals surface area contributed by atoms with Gasteiger partial charge in [-0.1, -0.05) is 12.8 Å². The summed E-state index contributed by atoms with van der Waals surface area (Å²) in [5.74, 6) is -0.524. The van der Waals surface area contributed by atoms with E-state index in [4.69, 9.17) is 9.47 Å². The minimum absolute atomic E-state index is 0.178. The Hall–Kier alpha value is -2.57. The van der Waals surface area contributed by atoms with Gasteiger partial charge in [0.25, 0.3) is 11.8 Å². The molecule has 2 amide bonds. The molecule has 1 fully saturated rings. The topological polar surface area (TPSA) is 84.9 Å². The third-order valence-electron chi connectivity index (χ3n) is 4.39. The van der Waals surface area contributed by atoms with E-state index in [1.807, 2.05) is 6.92 Å². The van der Waals surface area contributed by atoms with E-state index in [2.05, 4.69) is 5.32 Å². The zero-order valence-electron chi connectivity index (χ0n) is 16.0. The second kappa shape index (κ2) is 10.5. The number of nitrogens with zero attached hydrogens (tertiary/aromatic N) is 1. The third kappa shape index (κ3) is 6.58. The minimum Gasteiger partial charge on any atom is -0.494 e. The summed E-state index contributed by atoms with van der Waals surface area (Å²) in [5, 5.41) is 2.50. The van der Waals surface area contributed by atoms with Gasteiger partial charge in [-0.3, -0.25) is 14.4 Å². The number of hydrogen-bond acceptors (Lipinski definition) is 5. The van der Waals surface area contributed by atoms with E-state index >= 15 is 0 Å². The smallest absolute Gasteiger partial charge is 0.326 e. The lowest BCUT2D eigenvalue weighted by Gasteiger charge is -2.24. The highest BCUT2D eigenvalue weighted by atomic mass is 16.5. The van der Waals surface area contributed by atoms with Gasteiger partial charge < -0.3 is 19.7 Å². The molecule has 7 nitrogen and oxygen atoms in total. The van der Waals surface area contributed by atoms with Gasteiger partial charge in [-0.2, -0.15) is 0 Å². The summed E-state index contributed by atoms with van der Waals surface area (Å²) in [6.07, 6.45) is 3.35. The number of amides is 2. The zero-order chi connectivity index (χ0) is 19.6. The van der Waals surface area contributed by atoms with Crippen LogP contribution in [0.5, 0.6) is 5.75 Å². The molecule has 27 heavy (non-hydrogen) atoms. The lowest BCUT2D eigenvalue weighted by Crippen LogP contribution is -2.42. The Morgan fingerprint density at radius 3 is 2.30 bits per heavy atom. The molecule has 1 aliphatic heterocycles. The van der Waals surface area contributed by atoms with E-state index in [0.717, 1.165) is 25.7 Å². The van der Waals surface area contributed by atoms with Crippen molar-refractivity contribution in [3.63, 3.8) is 0 Å². The standard InChI is InChI=1S/C20H28N2O5/c1-3-26-17-10-8-16(9-11-17)19(24)21-14-18(23)27-15(2)20(25)22-12-6-4-5-7-13-22/h8-11,15H,3-7,12-14H2,1-2H3,(H,21,24)/t15-/m1/s1. The monoisotopic (exact) mass is 376 g/mol. The molecular weight excluding hydrogens is 348 g/mol. The lowest BCUT2D eigenvalue weighted by molar-refractivity contribution is -0.158. The van der Waals surface area contributed by atoms with Crippen LogP contribution in [0.3, 0.4) is 0 Å². The number of esters is 1. The first kappa shape index (κ1) is 20.7. The molecule has 7 heteroatoms. The first-order chi connectivity index (χ1) is 13.0. The minimum atomic E-state index is -0.849. The maximum Gasteiger partial charge on any atom is 0.326 e. The molecule has 0 aliphatic carbocycles. The first-order valence-corrected chi connectivity index (χ1v) is 9.50. The highest BCUT2D eigenvalue weighted by molar-refractivity contribution is 5.96. The van der Waals surface area contributed by atoms with Crippen molar-refractivity contribution < 1.29 is 23.9 Å². The summed E-state index contributed by atoms with van der Waals surface area (Å²) in [5.41, 5.74) is 0.417. The fourth-order valence-corrected chi connectivity index (χ4v) is 2.96. The van der Waals surface area contributed by atoms with Crippen LogP contribution in [0.15, 0.2) is 24.3 Å². The van der Waals surface area contributed by atoms with E-state index in [9.17, 15) is 14.4 Å². The van der Waals surface area contributed by atoms with Gasteiger partial charge in [0.2, 0.25) is 0 Å². The first-order valence-electron chi connectivity index (χ1n) is 9.50. The third-order valence-corrected chi connectivity index (χ3v) is 4.39. The summed E-state index contributed by atoms with van der Waals surface area (Å²) in [6, 6.07) is 6.63. The molecule has 1 saturated heterocycles. The van der Waals surface area contributed by atoms with Crippen LogP contribution in [0.2, 0.25) is 0 Å². The fourth-order valence-electron chi connectivity index (χ4n) is 2.96. The Labute approximate surface area is 160 Å². The fraction of sp³-hybridized carbons (Fsp3) is 0.550. The van der Waals surface area contributed by atoms with Crippen LogP contribution in [0.1, 0.15) is 49.9 Å². The molecule has 1 aromatic carbocycles. The van der Waals surface area contributed by atoms with Crippen LogP contribution in [-0.2, 0) is 14.3 Å². The van der Waals surface area contributed by atoms with Gasteiger partial charge in [0, 0.05) is 18.7 Å². The molecule has 0 spiro atoms. The van der Waals surface area contributed by atoms with Crippen LogP contribution in [-0.4, -0.2) is 55.0 Å². The van der Waals surface area contributed by atoms with E-state index < -0.39 is 12.1 Å². The summed E-state index contributed by atoms with van der Waals surface area (Å²) >= 11 is 0. The van der Waals surface area contributed by atoms with Crippen molar-refractivity contribution in [1.29, 1.82) is 0 Å². The predicted octanol–water partition coefficient (Wildman–Crippen LogP) is 2.15. The van der Waals surface area contributed by atoms with Gasteiger partial charge in [0.05, 0.1) is 6.61 Å². The summed E-state index contributed by atoms with van der Waals surface area (Å²) in [6.45, 7) is 5.12. The molecule has 0 aromatic heterocycles. The van der Waals surface area contributed by atoms with Crippen molar-refractivity contribution in [3.8, 4) is 5.75 Å². The molecule has 2 rings (SSSR count). The predicted molar refractivity (Wildman–Crippen MR) is 101 cm³/mol. The Kier molecular flexibility index (Phi) is 8.10. The normalized spacial score (nSPS) is 15.4. The highest BCUT2D eigenvalue weighted by Gasteiger charge is 2.24. The Morgan fingerprint density at radius 1 is 1.07 bits per heavy atom. The van der Waals surface area contributed by atoms with Crippen LogP contribution in [0.25, 0.3) is 0 Å². The van der Waals surface area contributed by atoms with Crippen LogP contribution >= 0.6 is 0 Å². The van der Waals surface area contributed by atoms with E-state index in [0.29, 0.717) is 31.0 Å². The maximum atomic E-state index is 12.4. The number of ether oxygens (including phenoxy) is 2. The molecule has 1 N–H and O–H groups in total. The van der Waals surface area contributed by atoms with Crippen molar-refractivity contribution in [2.45, 2.75) is 45.6 Å². The second-order valence-electron chi connectivity index (χ2n) is 6.51. The molecule has 1 atom stereocenters. The van der Waals surface area contributed by atoms with Gasteiger partial charge in [-0.25, -0.2) is 0 Å². The molecule has 0 bridgehead atoms. The number of carbonyl (C=O) groups is 3. The van der Waals surface area contributed by atoms with E-state index in [1.54, 1.807) is 36.1 Å². The number of rotatable bonds is 7. The van der Waals surface area contributed by atoms with Crippen molar-refractivity contribution in [1.82, 2.24) is 10.2 Å². The van der Waals surface area contributed by atoms with Crippen LogP contribution in [0.4, 0.5) is 0 Å². The van der Waals surface area contributed by atoms with Crippen molar-refractivity contribution in [2.75, 3.05) is 26.2 Å². The summed E-state index contributed by atoms with van der Waals surface area (Å²) in [7, 11) is 0. The Morgan fingerprint density at radius 2 is 1.70 bits per heavy atom. The number of benzene rings is 1. The Balaban J connectivity index is 1.77. The number of carbonyl (C=O) groups excluding carboxylic acids is 3. The van der Waals surface area contributed by atoms with Gasteiger partial charge in [0.15, 0.2) is 6.10 Å². The SMILES string of the molecule is CCOc1ccc(C(=O)NCC(=O)O[C@H](C)C(=O)N2CCCCCC2)cc1. The Bertz CT molecular complexity index is 636. The van der Waals surface area contributed by atoms with Crippen molar-refractivity contribution in [3.05, 3.63) is 29.8 Å². The van der Waals surface area contributed by atoms with E-state index in [1.165, 1.54) is 0 Å². The molecular formula is C20H28N2O5. The van der Waals surface area contributed by atoms with Crippen LogP contribution in [0, 0.1) is 0 Å². The van der Waals surface area contributed by atoms with Gasteiger partial charge in [-0.15, -0.1) is 0 Å². The van der Waals surface area contributed by atoms with Gasteiger partial charge in [0.1, 0.15) is 12.3 Å². The summed E-state index contributed by atoms with van der Waals surface area (Å²) < 4.78 is 10.5. The van der Waals surface area contributed by atoms with Gasteiger partial charge in [-0.05, 0) is 51.0 Å². The molecule has 1 aromatic rings. The second-order valence-corrected chi connectivity index (χ2v) is 6.51. The number of likely N-dealkylation sites (tertiary alicyclic amines) is 1. The number of hydrogen-bond donors (Lipinski definition) is 1. The summed E-state index contributed by atoms with van der Waals surface area (Å²) in [4.78, 5) is 38.2. The van der Waals surface area contributed by atoms with E-state index in [-0.39, 0.29) is 18.4 Å². The van der Waals surface area contributed by atoms with Crippen molar-refractivity contribution in [2.24, 2.45) is 0 Å². The van der Waals surface area contributed by atoms with Gasteiger partial charge >= 0.3 is 5.97 Å². The molecule has 0 radical (unpaired) electrons. The number of nitrogens with one attached hydrogen (secondary N) is 1. The quantitative estimate of drug-likeness (QED) is 0.737. The van der Waals surface area contributed by atoms with Crippen molar-refractivity contribution >= 4 is 17.8 Å². The lowest BCUT2D eigenvalue weighted by atomic mass is 10.2. The molecule has 1 heterocycles. The molecule has 1 aliphatic rings.